The largest absolute Gasteiger partial charge is 0.297 e. The summed E-state index contributed by atoms with van der Waals surface area (Å²) in [5.41, 5.74) is 2.70. The SMILES string of the molecule is CSc1ccc(CN2CCN(CC=Cc3ccccc3)CC2)cc1. The molecule has 0 spiro atoms. The van der Waals surface area contributed by atoms with Gasteiger partial charge >= 0.3 is 0 Å². The molecule has 0 amide bonds. The molecule has 1 aliphatic heterocycles. The van der Waals surface area contributed by atoms with Gasteiger partial charge in [-0.15, -0.1) is 11.8 Å². The first-order chi connectivity index (χ1) is 11.8. The first kappa shape index (κ1) is 17.3. The molecule has 1 saturated heterocycles. The lowest BCUT2D eigenvalue weighted by Crippen LogP contribution is -2.45. The Morgan fingerprint density at radius 1 is 0.875 bits per heavy atom. The summed E-state index contributed by atoms with van der Waals surface area (Å²) in [7, 11) is 0. The van der Waals surface area contributed by atoms with Crippen LogP contribution in [0.15, 0.2) is 65.6 Å². The number of piperazine rings is 1. The molecule has 2 nitrogen and oxygen atoms in total. The van der Waals surface area contributed by atoms with Crippen molar-refractivity contribution in [2.24, 2.45) is 0 Å². The standard InChI is InChI=1S/C21H26N2S/c1-24-21-11-9-20(10-12-21)18-23-16-14-22(15-17-23)13-5-8-19-6-3-2-4-7-19/h2-12H,13-18H2,1H3. The molecule has 2 aromatic carbocycles. The van der Waals surface area contributed by atoms with Gasteiger partial charge in [0.2, 0.25) is 0 Å². The highest BCUT2D eigenvalue weighted by atomic mass is 32.2. The molecule has 126 valence electrons. The predicted octanol–water partition coefficient (Wildman–Crippen LogP) is 4.24. The van der Waals surface area contributed by atoms with Crippen LogP contribution in [0.2, 0.25) is 0 Å². The zero-order chi connectivity index (χ0) is 16.6. The smallest absolute Gasteiger partial charge is 0.0234 e. The maximum Gasteiger partial charge on any atom is 0.0234 e. The summed E-state index contributed by atoms with van der Waals surface area (Å²) in [4.78, 5) is 6.44. The van der Waals surface area contributed by atoms with E-state index < -0.39 is 0 Å². The number of benzene rings is 2. The van der Waals surface area contributed by atoms with E-state index in [9.17, 15) is 0 Å². The van der Waals surface area contributed by atoms with E-state index in [1.165, 1.54) is 16.0 Å². The van der Waals surface area contributed by atoms with Crippen molar-refractivity contribution in [2.75, 3.05) is 39.0 Å². The Morgan fingerprint density at radius 3 is 2.21 bits per heavy atom. The van der Waals surface area contributed by atoms with Gasteiger partial charge in [0.1, 0.15) is 0 Å². The van der Waals surface area contributed by atoms with E-state index in [1.807, 2.05) is 0 Å². The van der Waals surface area contributed by atoms with Gasteiger partial charge < -0.3 is 0 Å². The molecule has 1 aliphatic rings. The minimum atomic E-state index is 1.05. The van der Waals surface area contributed by atoms with Crippen molar-refractivity contribution in [3.05, 3.63) is 71.8 Å². The maximum atomic E-state index is 2.56. The molecule has 0 bridgehead atoms. The second-order valence-electron chi connectivity index (χ2n) is 6.24. The third-order valence-electron chi connectivity index (χ3n) is 4.50. The third kappa shape index (κ3) is 5.23. The van der Waals surface area contributed by atoms with E-state index in [1.54, 1.807) is 11.8 Å². The predicted molar refractivity (Wildman–Crippen MR) is 105 cm³/mol. The van der Waals surface area contributed by atoms with E-state index >= 15 is 0 Å². The van der Waals surface area contributed by atoms with Gasteiger partial charge in [0, 0.05) is 44.2 Å². The van der Waals surface area contributed by atoms with Crippen LogP contribution in [-0.4, -0.2) is 48.8 Å². The van der Waals surface area contributed by atoms with Gasteiger partial charge in [-0.05, 0) is 29.5 Å². The first-order valence-electron chi connectivity index (χ1n) is 8.63. The van der Waals surface area contributed by atoms with Gasteiger partial charge in [0.05, 0.1) is 0 Å². The van der Waals surface area contributed by atoms with Crippen LogP contribution in [0.1, 0.15) is 11.1 Å². The summed E-state index contributed by atoms with van der Waals surface area (Å²) in [6, 6.07) is 19.5. The molecule has 0 saturated carbocycles. The summed E-state index contributed by atoms with van der Waals surface area (Å²) in [6.45, 7) is 6.74. The normalized spacial score (nSPS) is 16.7. The van der Waals surface area contributed by atoms with Crippen LogP contribution in [0.4, 0.5) is 0 Å². The lowest BCUT2D eigenvalue weighted by atomic mass is 10.2. The topological polar surface area (TPSA) is 6.48 Å². The Labute approximate surface area is 150 Å². The van der Waals surface area contributed by atoms with E-state index in [0.717, 1.165) is 39.3 Å². The van der Waals surface area contributed by atoms with Gasteiger partial charge in [-0.1, -0.05) is 54.6 Å². The van der Waals surface area contributed by atoms with Gasteiger partial charge in [-0.25, -0.2) is 0 Å². The van der Waals surface area contributed by atoms with E-state index in [-0.39, 0.29) is 0 Å². The molecule has 3 rings (SSSR count). The Kier molecular flexibility index (Phi) is 6.53. The van der Waals surface area contributed by atoms with Crippen LogP contribution in [-0.2, 0) is 6.54 Å². The lowest BCUT2D eigenvalue weighted by Gasteiger charge is -2.34. The average Bonchev–Trinajstić information content (AvgIpc) is 2.65. The number of nitrogens with zero attached hydrogens (tertiary/aromatic N) is 2. The molecule has 0 radical (unpaired) electrons. The summed E-state index contributed by atoms with van der Waals surface area (Å²) >= 11 is 1.80. The zero-order valence-corrected chi connectivity index (χ0v) is 15.2. The van der Waals surface area contributed by atoms with Crippen LogP contribution < -0.4 is 0 Å². The van der Waals surface area contributed by atoms with Crippen molar-refractivity contribution in [1.29, 1.82) is 0 Å². The van der Waals surface area contributed by atoms with Gasteiger partial charge in [-0.2, -0.15) is 0 Å². The number of thioether (sulfide) groups is 1. The molecule has 0 N–H and O–H groups in total. The average molecular weight is 339 g/mol. The minimum absolute atomic E-state index is 1.05. The third-order valence-corrected chi connectivity index (χ3v) is 5.25. The van der Waals surface area contributed by atoms with Crippen LogP contribution >= 0.6 is 11.8 Å². The second kappa shape index (κ2) is 9.07. The Bertz CT molecular complexity index is 629. The molecule has 0 aliphatic carbocycles. The fourth-order valence-electron chi connectivity index (χ4n) is 3.02. The molecule has 3 heteroatoms. The minimum Gasteiger partial charge on any atom is -0.297 e. The van der Waals surface area contributed by atoms with Crippen molar-refractivity contribution in [3.8, 4) is 0 Å². The summed E-state index contributed by atoms with van der Waals surface area (Å²) in [5.74, 6) is 0. The molecule has 0 aromatic heterocycles. The zero-order valence-electron chi connectivity index (χ0n) is 14.4. The molecule has 0 unspecified atom stereocenters. The molecular formula is C21H26N2S. The summed E-state index contributed by atoms with van der Waals surface area (Å²) < 4.78 is 0. The molecule has 0 atom stereocenters. The Hall–Kier alpha value is -1.55. The van der Waals surface area contributed by atoms with Crippen LogP contribution in [0.25, 0.3) is 6.08 Å². The first-order valence-corrected chi connectivity index (χ1v) is 9.85. The van der Waals surface area contributed by atoms with Gasteiger partial charge in [0.15, 0.2) is 0 Å². The molecule has 1 heterocycles. The maximum absolute atomic E-state index is 2.56. The highest BCUT2D eigenvalue weighted by molar-refractivity contribution is 7.98. The quantitative estimate of drug-likeness (QED) is 0.728. The molecule has 2 aromatic rings. The number of rotatable bonds is 6. The van der Waals surface area contributed by atoms with Crippen LogP contribution in [0, 0.1) is 0 Å². The van der Waals surface area contributed by atoms with Crippen molar-refractivity contribution >= 4 is 17.8 Å². The molecule has 24 heavy (non-hydrogen) atoms. The second-order valence-corrected chi connectivity index (χ2v) is 7.12. The summed E-state index contributed by atoms with van der Waals surface area (Å²) in [6.07, 6.45) is 6.63. The Morgan fingerprint density at radius 2 is 1.54 bits per heavy atom. The van der Waals surface area contributed by atoms with Gasteiger partial charge in [-0.3, -0.25) is 9.80 Å². The highest BCUT2D eigenvalue weighted by Crippen LogP contribution is 2.16. The van der Waals surface area contributed by atoms with Gasteiger partial charge in [0.25, 0.3) is 0 Å². The fraction of sp³-hybridized carbons (Fsp3) is 0.333. The van der Waals surface area contributed by atoms with Crippen molar-refractivity contribution in [2.45, 2.75) is 11.4 Å². The highest BCUT2D eigenvalue weighted by Gasteiger charge is 2.15. The monoisotopic (exact) mass is 338 g/mol. The van der Waals surface area contributed by atoms with Crippen molar-refractivity contribution in [1.82, 2.24) is 9.80 Å². The van der Waals surface area contributed by atoms with Crippen LogP contribution in [0.5, 0.6) is 0 Å². The Balaban J connectivity index is 1.41. The molecule has 1 fully saturated rings. The van der Waals surface area contributed by atoms with E-state index in [4.69, 9.17) is 0 Å². The van der Waals surface area contributed by atoms with E-state index in [0.29, 0.717) is 0 Å². The van der Waals surface area contributed by atoms with Crippen LogP contribution in [0.3, 0.4) is 0 Å². The summed E-state index contributed by atoms with van der Waals surface area (Å²) in [5, 5.41) is 0. The fourth-order valence-corrected chi connectivity index (χ4v) is 3.43. The number of hydrogen-bond acceptors (Lipinski definition) is 3. The molecular weight excluding hydrogens is 312 g/mol. The number of hydrogen-bond donors (Lipinski definition) is 0. The lowest BCUT2D eigenvalue weighted by molar-refractivity contribution is 0.137. The van der Waals surface area contributed by atoms with Crippen molar-refractivity contribution in [3.63, 3.8) is 0 Å². The van der Waals surface area contributed by atoms with Crippen molar-refractivity contribution < 1.29 is 0 Å². The van der Waals surface area contributed by atoms with E-state index in [2.05, 4.69) is 82.8 Å².